The maximum atomic E-state index is 12.2. The van der Waals surface area contributed by atoms with Crippen molar-refractivity contribution < 1.29 is 9.53 Å². The molecule has 2 aliphatic rings. The van der Waals surface area contributed by atoms with Crippen LogP contribution in [0.25, 0.3) is 0 Å². The van der Waals surface area contributed by atoms with Crippen molar-refractivity contribution in [2.75, 3.05) is 45.9 Å². The van der Waals surface area contributed by atoms with E-state index in [0.717, 1.165) is 69.6 Å². The number of rotatable bonds is 4. The Bertz CT molecular complexity index is 493. The number of carbonyl (C=O) groups excluding carboxylic acids is 1. The predicted octanol–water partition coefficient (Wildman–Crippen LogP) is 1.32. The molecule has 0 bridgehead atoms. The van der Waals surface area contributed by atoms with Crippen LogP contribution in [-0.2, 0) is 11.3 Å². The summed E-state index contributed by atoms with van der Waals surface area (Å²) in [6, 6.07) is 0.0658. The van der Waals surface area contributed by atoms with E-state index in [4.69, 9.17) is 4.74 Å². The molecule has 1 aromatic heterocycles. The Labute approximate surface area is 135 Å². The molecule has 3 heterocycles. The van der Waals surface area contributed by atoms with E-state index in [0.29, 0.717) is 5.92 Å². The fourth-order valence-corrected chi connectivity index (χ4v) is 3.51. The summed E-state index contributed by atoms with van der Waals surface area (Å²) in [5.41, 5.74) is 1.14. The molecule has 2 saturated heterocycles. The molecule has 2 aliphatic heterocycles. The van der Waals surface area contributed by atoms with Gasteiger partial charge < -0.3 is 15.0 Å². The summed E-state index contributed by atoms with van der Waals surface area (Å²) in [4.78, 5) is 21.0. The van der Waals surface area contributed by atoms with Crippen LogP contribution in [0, 0.1) is 12.8 Å². The van der Waals surface area contributed by atoms with Crippen LogP contribution in [0.4, 0.5) is 4.79 Å². The maximum Gasteiger partial charge on any atom is 0.317 e. The number of carbonyl (C=O) groups is 1. The van der Waals surface area contributed by atoms with E-state index >= 15 is 0 Å². The van der Waals surface area contributed by atoms with Crippen molar-refractivity contribution >= 4 is 17.4 Å². The lowest BCUT2D eigenvalue weighted by Crippen LogP contribution is -2.52. The first-order valence-electron chi connectivity index (χ1n) is 7.94. The molecule has 2 amide bonds. The highest BCUT2D eigenvalue weighted by atomic mass is 32.1. The van der Waals surface area contributed by atoms with Crippen molar-refractivity contribution in [2.45, 2.75) is 19.9 Å². The maximum absolute atomic E-state index is 12.2. The monoisotopic (exact) mass is 324 g/mol. The number of hydrogen-bond donors (Lipinski definition) is 1. The highest BCUT2D eigenvalue weighted by molar-refractivity contribution is 7.09. The van der Waals surface area contributed by atoms with Crippen LogP contribution >= 0.6 is 11.3 Å². The summed E-state index contributed by atoms with van der Waals surface area (Å²) in [6.07, 6.45) is 1.06. The zero-order valence-electron chi connectivity index (χ0n) is 13.1. The summed E-state index contributed by atoms with van der Waals surface area (Å²) in [7, 11) is 0. The fraction of sp³-hybridized carbons (Fsp3) is 0.733. The van der Waals surface area contributed by atoms with Gasteiger partial charge in [0.2, 0.25) is 0 Å². The molecule has 1 aromatic rings. The molecule has 1 N–H and O–H groups in total. The molecule has 0 radical (unpaired) electrons. The number of urea groups is 1. The Hall–Kier alpha value is -1.18. The first kappa shape index (κ1) is 15.7. The number of hydrogen-bond acceptors (Lipinski definition) is 5. The number of nitrogens with one attached hydrogen (secondary N) is 1. The SMILES string of the molecule is Cc1nc(CN2CCN(C(=O)NCC3CCOC3)CC2)cs1. The minimum absolute atomic E-state index is 0.0658. The van der Waals surface area contributed by atoms with Crippen LogP contribution in [0.1, 0.15) is 17.1 Å². The van der Waals surface area contributed by atoms with Crippen molar-refractivity contribution in [3.63, 3.8) is 0 Å². The van der Waals surface area contributed by atoms with Gasteiger partial charge in [0.05, 0.1) is 17.3 Å². The van der Waals surface area contributed by atoms with E-state index in [1.54, 1.807) is 11.3 Å². The second-order valence-corrected chi connectivity index (χ2v) is 7.10. The lowest BCUT2D eigenvalue weighted by Gasteiger charge is -2.34. The van der Waals surface area contributed by atoms with Gasteiger partial charge in [0, 0.05) is 57.2 Å². The molecule has 0 aliphatic carbocycles. The van der Waals surface area contributed by atoms with Crippen molar-refractivity contribution in [1.29, 1.82) is 0 Å². The fourth-order valence-electron chi connectivity index (χ4n) is 2.91. The summed E-state index contributed by atoms with van der Waals surface area (Å²) in [5.74, 6) is 0.484. The van der Waals surface area contributed by atoms with Gasteiger partial charge in [0.1, 0.15) is 0 Å². The van der Waals surface area contributed by atoms with E-state index in [9.17, 15) is 4.79 Å². The molecule has 7 heteroatoms. The minimum atomic E-state index is 0.0658. The summed E-state index contributed by atoms with van der Waals surface area (Å²) in [6.45, 7) is 8.66. The Balaban J connectivity index is 1.38. The number of thiazole rings is 1. The average Bonchev–Trinajstić information content (AvgIpc) is 3.17. The molecule has 0 saturated carbocycles. The zero-order chi connectivity index (χ0) is 15.4. The van der Waals surface area contributed by atoms with E-state index in [2.05, 4.69) is 20.6 Å². The summed E-state index contributed by atoms with van der Waals surface area (Å²) < 4.78 is 5.33. The second-order valence-electron chi connectivity index (χ2n) is 6.04. The molecule has 1 atom stereocenters. The second kappa shape index (κ2) is 7.39. The first-order chi connectivity index (χ1) is 10.7. The van der Waals surface area contributed by atoms with Crippen LogP contribution in [0.5, 0.6) is 0 Å². The Morgan fingerprint density at radius 3 is 2.91 bits per heavy atom. The van der Waals surface area contributed by atoms with E-state index in [-0.39, 0.29) is 6.03 Å². The topological polar surface area (TPSA) is 57.7 Å². The molecule has 3 rings (SSSR count). The number of amides is 2. The Morgan fingerprint density at radius 1 is 1.45 bits per heavy atom. The van der Waals surface area contributed by atoms with E-state index in [1.165, 1.54) is 0 Å². The molecule has 22 heavy (non-hydrogen) atoms. The first-order valence-corrected chi connectivity index (χ1v) is 8.82. The third-order valence-electron chi connectivity index (χ3n) is 4.28. The van der Waals surface area contributed by atoms with Crippen molar-refractivity contribution in [2.24, 2.45) is 5.92 Å². The van der Waals surface area contributed by atoms with Gasteiger partial charge >= 0.3 is 6.03 Å². The normalized spacial score (nSPS) is 23.0. The van der Waals surface area contributed by atoms with Crippen LogP contribution in [0.15, 0.2) is 5.38 Å². The van der Waals surface area contributed by atoms with Crippen LogP contribution in [0.2, 0.25) is 0 Å². The standard InChI is InChI=1S/C15H24N4O2S/c1-12-17-14(11-22-12)9-18-3-5-19(6-4-18)15(20)16-8-13-2-7-21-10-13/h11,13H,2-10H2,1H3,(H,16,20). The molecule has 0 aromatic carbocycles. The van der Waals surface area contributed by atoms with Gasteiger partial charge in [0.15, 0.2) is 0 Å². The number of piperazine rings is 1. The number of nitrogens with zero attached hydrogens (tertiary/aromatic N) is 3. The lowest BCUT2D eigenvalue weighted by molar-refractivity contribution is 0.133. The highest BCUT2D eigenvalue weighted by Gasteiger charge is 2.23. The number of aromatic nitrogens is 1. The van der Waals surface area contributed by atoms with E-state index in [1.807, 2.05) is 11.8 Å². The van der Waals surface area contributed by atoms with Crippen LogP contribution in [-0.4, -0.2) is 66.8 Å². The van der Waals surface area contributed by atoms with Crippen LogP contribution < -0.4 is 5.32 Å². The van der Waals surface area contributed by atoms with Crippen molar-refractivity contribution in [3.8, 4) is 0 Å². The van der Waals surface area contributed by atoms with Crippen molar-refractivity contribution in [3.05, 3.63) is 16.1 Å². The van der Waals surface area contributed by atoms with Gasteiger partial charge in [-0.2, -0.15) is 0 Å². The predicted molar refractivity (Wildman–Crippen MR) is 86.0 cm³/mol. The van der Waals surface area contributed by atoms with E-state index < -0.39 is 0 Å². The summed E-state index contributed by atoms with van der Waals surface area (Å²) in [5, 5.41) is 6.28. The van der Waals surface area contributed by atoms with Crippen molar-refractivity contribution in [1.82, 2.24) is 20.1 Å². The molecule has 1 unspecified atom stereocenters. The molecule has 122 valence electrons. The lowest BCUT2D eigenvalue weighted by atomic mass is 10.1. The van der Waals surface area contributed by atoms with Gasteiger partial charge in [0.25, 0.3) is 0 Å². The van der Waals surface area contributed by atoms with Gasteiger partial charge in [-0.1, -0.05) is 0 Å². The Morgan fingerprint density at radius 2 is 2.27 bits per heavy atom. The van der Waals surface area contributed by atoms with Crippen LogP contribution in [0.3, 0.4) is 0 Å². The minimum Gasteiger partial charge on any atom is -0.381 e. The third-order valence-corrected chi connectivity index (χ3v) is 5.10. The molecule has 6 nitrogen and oxygen atoms in total. The zero-order valence-corrected chi connectivity index (χ0v) is 13.9. The molecular formula is C15H24N4O2S. The van der Waals surface area contributed by atoms with Gasteiger partial charge in [-0.3, -0.25) is 4.90 Å². The number of ether oxygens (including phenoxy) is 1. The Kier molecular flexibility index (Phi) is 5.28. The van der Waals surface area contributed by atoms with Gasteiger partial charge in [-0.25, -0.2) is 9.78 Å². The average molecular weight is 324 g/mol. The molecule has 0 spiro atoms. The van der Waals surface area contributed by atoms with Gasteiger partial charge in [-0.05, 0) is 13.3 Å². The molecule has 2 fully saturated rings. The number of aryl methyl sites for hydroxylation is 1. The van der Waals surface area contributed by atoms with Gasteiger partial charge in [-0.15, -0.1) is 11.3 Å². The quantitative estimate of drug-likeness (QED) is 0.907. The largest absolute Gasteiger partial charge is 0.381 e. The third kappa shape index (κ3) is 4.18. The highest BCUT2D eigenvalue weighted by Crippen LogP contribution is 2.13. The summed E-state index contributed by atoms with van der Waals surface area (Å²) >= 11 is 1.69. The smallest absolute Gasteiger partial charge is 0.317 e. The molecular weight excluding hydrogens is 300 g/mol.